The summed E-state index contributed by atoms with van der Waals surface area (Å²) in [6.45, 7) is 2.70. The third-order valence-corrected chi connectivity index (χ3v) is 6.10. The van der Waals surface area contributed by atoms with Crippen molar-refractivity contribution in [1.82, 2.24) is 25.6 Å². The number of pyridine rings is 1. The summed E-state index contributed by atoms with van der Waals surface area (Å²) >= 11 is 0. The van der Waals surface area contributed by atoms with E-state index in [1.54, 1.807) is 0 Å². The molecule has 170 valence electrons. The second-order valence-electron chi connectivity index (χ2n) is 8.22. The van der Waals surface area contributed by atoms with Crippen molar-refractivity contribution in [3.8, 4) is 28.3 Å². The van der Waals surface area contributed by atoms with Gasteiger partial charge in [0.1, 0.15) is 12.4 Å². The average molecular weight is 462 g/mol. The lowest BCUT2D eigenvalue weighted by Crippen LogP contribution is -2.05. The van der Waals surface area contributed by atoms with Crippen LogP contribution in [-0.4, -0.2) is 25.6 Å². The van der Waals surface area contributed by atoms with Crippen LogP contribution in [0, 0.1) is 0 Å². The van der Waals surface area contributed by atoms with Crippen LogP contribution in [-0.2, 0) is 25.9 Å². The lowest BCUT2D eigenvalue weighted by molar-refractivity contribution is 0.301. The van der Waals surface area contributed by atoms with E-state index < -0.39 is 0 Å². The third-order valence-electron chi connectivity index (χ3n) is 6.10. The molecule has 0 amide bonds. The van der Waals surface area contributed by atoms with Gasteiger partial charge < -0.3 is 4.74 Å². The Morgan fingerprint density at radius 3 is 2.48 bits per heavy atom. The van der Waals surface area contributed by atoms with Crippen LogP contribution >= 0.6 is 12.4 Å². The summed E-state index contributed by atoms with van der Waals surface area (Å²) in [5.74, 6) is 1.61. The fourth-order valence-electron chi connectivity index (χ4n) is 4.36. The summed E-state index contributed by atoms with van der Waals surface area (Å²) < 4.78 is 6.34. The number of aryl methyl sites for hydroxylation is 2. The number of hydrogen-bond donors (Lipinski definition) is 1. The van der Waals surface area contributed by atoms with Crippen LogP contribution in [0.4, 0.5) is 0 Å². The maximum Gasteiger partial charge on any atom is 0.205 e. The van der Waals surface area contributed by atoms with Crippen molar-refractivity contribution in [2.45, 2.75) is 52.1 Å². The van der Waals surface area contributed by atoms with Crippen molar-refractivity contribution in [3.05, 3.63) is 77.1 Å². The molecule has 0 saturated carbocycles. The first kappa shape index (κ1) is 22.9. The number of benzene rings is 2. The second kappa shape index (κ2) is 10.6. The van der Waals surface area contributed by atoms with Crippen LogP contribution in [0.5, 0.6) is 5.75 Å². The molecule has 0 bridgehead atoms. The Kier molecular flexibility index (Phi) is 7.35. The molecule has 5 rings (SSSR count). The molecule has 0 spiro atoms. The average Bonchev–Trinajstić information content (AvgIpc) is 3.28. The highest BCUT2D eigenvalue weighted by atomic mass is 35.5. The minimum atomic E-state index is 0. The summed E-state index contributed by atoms with van der Waals surface area (Å²) in [5, 5.41) is 14.5. The van der Waals surface area contributed by atoms with Crippen molar-refractivity contribution in [2.75, 3.05) is 0 Å². The van der Waals surface area contributed by atoms with Gasteiger partial charge in [0.25, 0.3) is 0 Å². The van der Waals surface area contributed by atoms with Gasteiger partial charge in [0.15, 0.2) is 0 Å². The quantitative estimate of drug-likeness (QED) is 0.369. The van der Waals surface area contributed by atoms with E-state index >= 15 is 0 Å². The van der Waals surface area contributed by atoms with E-state index in [2.05, 4.69) is 63.9 Å². The molecule has 0 fully saturated rings. The molecular weight excluding hydrogens is 434 g/mol. The Labute approximate surface area is 200 Å². The van der Waals surface area contributed by atoms with Gasteiger partial charge in [-0.1, -0.05) is 61.9 Å². The Morgan fingerprint density at radius 2 is 1.73 bits per heavy atom. The zero-order chi connectivity index (χ0) is 21.8. The number of aromatic amines is 1. The molecule has 4 aromatic rings. The van der Waals surface area contributed by atoms with Crippen LogP contribution in [0.3, 0.4) is 0 Å². The van der Waals surface area contributed by atoms with Crippen LogP contribution in [0.1, 0.15) is 48.7 Å². The van der Waals surface area contributed by atoms with E-state index in [0.29, 0.717) is 12.4 Å². The molecule has 0 saturated heterocycles. The van der Waals surface area contributed by atoms with Gasteiger partial charge >= 0.3 is 0 Å². The highest BCUT2D eigenvalue weighted by Gasteiger charge is 2.16. The van der Waals surface area contributed by atoms with Crippen LogP contribution in [0.25, 0.3) is 22.5 Å². The van der Waals surface area contributed by atoms with E-state index in [9.17, 15) is 0 Å². The number of nitrogens with one attached hydrogen (secondary N) is 1. The molecule has 0 aliphatic heterocycles. The topological polar surface area (TPSA) is 76.6 Å². The fourth-order valence-corrected chi connectivity index (χ4v) is 4.36. The van der Waals surface area contributed by atoms with Crippen LogP contribution in [0.15, 0.2) is 54.6 Å². The predicted octanol–water partition coefficient (Wildman–Crippen LogP) is 5.76. The maximum atomic E-state index is 6.34. The number of hydrogen-bond acceptors (Lipinski definition) is 5. The Balaban J connectivity index is 0.00000259. The van der Waals surface area contributed by atoms with E-state index in [4.69, 9.17) is 9.72 Å². The standard InChI is InChI=1S/C26H27N5O.ClH/c1-2-20-16-25(23-10-4-3-5-11-24(23)27-20)32-17-18-12-14-19(15-13-18)21-8-6-7-9-22(21)26-28-30-31-29-26;/h6-9,12-16H,2-5,10-11,17H2,1H3,(H,28,29,30,31);1H. The molecular formula is C26H28ClN5O. The summed E-state index contributed by atoms with van der Waals surface area (Å²) in [7, 11) is 0. The van der Waals surface area contributed by atoms with Crippen molar-refractivity contribution in [2.24, 2.45) is 0 Å². The van der Waals surface area contributed by atoms with Crippen LogP contribution < -0.4 is 4.74 Å². The zero-order valence-electron chi connectivity index (χ0n) is 18.8. The largest absolute Gasteiger partial charge is 0.488 e. The molecule has 6 nitrogen and oxygen atoms in total. The lowest BCUT2D eigenvalue weighted by Gasteiger charge is -2.15. The SMILES string of the molecule is CCc1cc(OCc2ccc(-c3ccccc3-c3nn[nH]n3)cc2)c2c(n1)CCCCC2.Cl. The Hall–Kier alpha value is -3.25. The number of rotatable bonds is 6. The van der Waals surface area contributed by atoms with E-state index in [1.807, 2.05) is 18.2 Å². The number of ether oxygens (including phenoxy) is 1. The molecule has 7 heteroatoms. The second-order valence-corrected chi connectivity index (χ2v) is 8.22. The van der Waals surface area contributed by atoms with Gasteiger partial charge in [-0.3, -0.25) is 4.98 Å². The first-order valence-corrected chi connectivity index (χ1v) is 11.4. The summed E-state index contributed by atoms with van der Waals surface area (Å²) in [6, 6.07) is 18.7. The van der Waals surface area contributed by atoms with Crippen molar-refractivity contribution in [3.63, 3.8) is 0 Å². The monoisotopic (exact) mass is 461 g/mol. The zero-order valence-corrected chi connectivity index (χ0v) is 19.6. The molecule has 1 aliphatic carbocycles. The highest BCUT2D eigenvalue weighted by Crippen LogP contribution is 2.31. The number of nitrogens with zero attached hydrogens (tertiary/aromatic N) is 4. The van der Waals surface area contributed by atoms with Crippen molar-refractivity contribution < 1.29 is 4.74 Å². The van der Waals surface area contributed by atoms with Gasteiger partial charge in [-0.25, -0.2) is 0 Å². The first-order chi connectivity index (χ1) is 15.8. The molecule has 1 N–H and O–H groups in total. The maximum absolute atomic E-state index is 6.34. The van der Waals surface area contributed by atoms with Gasteiger partial charge in [-0.2, -0.15) is 5.21 Å². The third kappa shape index (κ3) is 5.06. The molecule has 0 unspecified atom stereocenters. The van der Waals surface area contributed by atoms with Crippen LogP contribution in [0.2, 0.25) is 0 Å². The van der Waals surface area contributed by atoms with Gasteiger partial charge in [0.05, 0.1) is 0 Å². The molecule has 1 aliphatic rings. The van der Waals surface area contributed by atoms with Gasteiger partial charge in [-0.05, 0) is 54.0 Å². The number of tetrazole rings is 1. The van der Waals surface area contributed by atoms with E-state index in [0.717, 1.165) is 53.0 Å². The van der Waals surface area contributed by atoms with E-state index in [1.165, 1.54) is 30.5 Å². The first-order valence-electron chi connectivity index (χ1n) is 11.4. The lowest BCUT2D eigenvalue weighted by atomic mass is 9.98. The molecule has 2 aromatic heterocycles. The highest BCUT2D eigenvalue weighted by molar-refractivity contribution is 5.85. The number of H-pyrrole nitrogens is 1. The minimum absolute atomic E-state index is 0. The molecule has 0 radical (unpaired) electrons. The van der Waals surface area contributed by atoms with Crippen molar-refractivity contribution in [1.29, 1.82) is 0 Å². The number of halogens is 1. The molecule has 33 heavy (non-hydrogen) atoms. The molecule has 0 atom stereocenters. The molecule has 2 aromatic carbocycles. The normalized spacial score (nSPS) is 13.0. The smallest absolute Gasteiger partial charge is 0.205 e. The summed E-state index contributed by atoms with van der Waals surface area (Å²) in [4.78, 5) is 4.89. The number of aromatic nitrogens is 5. The number of fused-ring (bicyclic) bond motifs is 1. The Bertz CT molecular complexity index is 1190. The van der Waals surface area contributed by atoms with Crippen molar-refractivity contribution >= 4 is 12.4 Å². The summed E-state index contributed by atoms with van der Waals surface area (Å²) in [5.41, 5.74) is 7.96. The molecule has 2 heterocycles. The van der Waals surface area contributed by atoms with Gasteiger partial charge in [-0.15, -0.1) is 22.6 Å². The van der Waals surface area contributed by atoms with E-state index in [-0.39, 0.29) is 12.4 Å². The van der Waals surface area contributed by atoms with Gasteiger partial charge in [0.2, 0.25) is 5.82 Å². The summed E-state index contributed by atoms with van der Waals surface area (Å²) in [6.07, 6.45) is 6.76. The minimum Gasteiger partial charge on any atom is -0.488 e. The fraction of sp³-hybridized carbons (Fsp3) is 0.308. The Morgan fingerprint density at radius 1 is 0.939 bits per heavy atom. The van der Waals surface area contributed by atoms with Gasteiger partial charge in [0, 0.05) is 28.6 Å². The predicted molar refractivity (Wildman–Crippen MR) is 132 cm³/mol.